The Bertz CT molecular complexity index is 140. The van der Waals surface area contributed by atoms with Crippen molar-refractivity contribution in [2.75, 3.05) is 53.4 Å². The van der Waals surface area contributed by atoms with Gasteiger partial charge in [-0.2, -0.15) is 5.12 Å². The molecule has 16 heavy (non-hydrogen) atoms. The molecule has 0 saturated heterocycles. The van der Waals surface area contributed by atoms with Gasteiger partial charge in [0.05, 0.1) is 0 Å². The molecular formula is C11H29N5. The first-order chi connectivity index (χ1) is 7.70. The highest BCUT2D eigenvalue weighted by Crippen LogP contribution is 1.86. The number of nitrogens with one attached hydrogen (secondary N) is 3. The van der Waals surface area contributed by atoms with E-state index >= 15 is 0 Å². The molecule has 0 aliphatic rings. The summed E-state index contributed by atoms with van der Waals surface area (Å²) in [6, 6.07) is 0. The van der Waals surface area contributed by atoms with Crippen molar-refractivity contribution in [1.82, 2.24) is 26.2 Å². The molecule has 0 radical (unpaired) electrons. The fraction of sp³-hybridized carbons (Fsp3) is 1.00. The normalized spacial score (nSPS) is 11.6. The Kier molecular flexibility index (Phi) is 11.1. The highest BCUT2D eigenvalue weighted by Gasteiger charge is 2.01. The first kappa shape index (κ1) is 15.8. The summed E-state index contributed by atoms with van der Waals surface area (Å²) >= 11 is 0. The average molecular weight is 231 g/mol. The third kappa shape index (κ3) is 10.3. The van der Waals surface area contributed by atoms with Crippen molar-refractivity contribution >= 4 is 0 Å². The van der Waals surface area contributed by atoms with Crippen LogP contribution < -0.4 is 16.2 Å². The minimum absolute atomic E-state index is 0.955. The number of nitrogens with zero attached hydrogens (tertiary/aromatic N) is 2. The summed E-state index contributed by atoms with van der Waals surface area (Å²) in [4.78, 5) is 2.21. The molecule has 98 valence electrons. The highest BCUT2D eigenvalue weighted by molar-refractivity contribution is 4.52. The van der Waals surface area contributed by atoms with Crippen LogP contribution in [-0.2, 0) is 0 Å². The number of hydrazine groups is 2. The van der Waals surface area contributed by atoms with Crippen molar-refractivity contribution in [3.63, 3.8) is 0 Å². The molecule has 5 nitrogen and oxygen atoms in total. The van der Waals surface area contributed by atoms with Crippen LogP contribution in [0.15, 0.2) is 0 Å². The number of hydrogen-bond donors (Lipinski definition) is 3. The van der Waals surface area contributed by atoms with E-state index in [0.29, 0.717) is 0 Å². The molecule has 0 saturated carbocycles. The largest absolute Gasteiger partial charge is 0.316 e. The van der Waals surface area contributed by atoms with Crippen LogP contribution in [0.1, 0.15) is 20.3 Å². The van der Waals surface area contributed by atoms with Crippen molar-refractivity contribution in [3.8, 4) is 0 Å². The van der Waals surface area contributed by atoms with Crippen LogP contribution in [0.3, 0.4) is 0 Å². The predicted octanol–water partition coefficient (Wildman–Crippen LogP) is -0.121. The molecule has 0 heterocycles. The van der Waals surface area contributed by atoms with Gasteiger partial charge in [-0.05, 0) is 33.6 Å². The first-order valence-corrected chi connectivity index (χ1v) is 6.30. The van der Waals surface area contributed by atoms with E-state index in [0.717, 1.165) is 45.7 Å². The van der Waals surface area contributed by atoms with Gasteiger partial charge in [-0.1, -0.05) is 13.8 Å². The maximum Gasteiger partial charge on any atom is 0.0300 e. The zero-order valence-electron chi connectivity index (χ0n) is 11.3. The molecule has 0 spiro atoms. The lowest BCUT2D eigenvalue weighted by Gasteiger charge is -2.24. The Hall–Kier alpha value is -0.200. The molecular weight excluding hydrogens is 202 g/mol. The van der Waals surface area contributed by atoms with Gasteiger partial charge in [-0.25, -0.2) is 10.9 Å². The number of hydrogen-bond acceptors (Lipinski definition) is 5. The van der Waals surface area contributed by atoms with Crippen LogP contribution in [0.5, 0.6) is 0 Å². The number of rotatable bonds is 11. The van der Waals surface area contributed by atoms with E-state index in [9.17, 15) is 0 Å². The molecule has 0 bridgehead atoms. The Balaban J connectivity index is 3.53. The summed E-state index contributed by atoms with van der Waals surface area (Å²) in [5.41, 5.74) is 6.68. The highest BCUT2D eigenvalue weighted by atomic mass is 15.7. The van der Waals surface area contributed by atoms with Crippen molar-refractivity contribution in [2.45, 2.75) is 20.3 Å². The van der Waals surface area contributed by atoms with Crippen LogP contribution >= 0.6 is 0 Å². The first-order valence-electron chi connectivity index (χ1n) is 6.30. The van der Waals surface area contributed by atoms with Crippen LogP contribution in [0.25, 0.3) is 0 Å². The van der Waals surface area contributed by atoms with E-state index in [1.807, 2.05) is 0 Å². The van der Waals surface area contributed by atoms with Gasteiger partial charge in [0.1, 0.15) is 0 Å². The third-order valence-corrected chi connectivity index (χ3v) is 2.19. The second kappa shape index (κ2) is 11.3. The molecule has 0 aromatic carbocycles. The Morgan fingerprint density at radius 1 is 0.875 bits per heavy atom. The van der Waals surface area contributed by atoms with Crippen molar-refractivity contribution < 1.29 is 0 Å². The van der Waals surface area contributed by atoms with E-state index in [4.69, 9.17) is 0 Å². The second-order valence-electron chi connectivity index (χ2n) is 4.08. The summed E-state index contributed by atoms with van der Waals surface area (Å²) < 4.78 is 0. The summed E-state index contributed by atoms with van der Waals surface area (Å²) in [6.07, 6.45) is 1.16. The maximum absolute atomic E-state index is 3.37. The SMILES string of the molecule is CCNCCNN(CCCN(C)C)NCC. The molecule has 0 aromatic heterocycles. The van der Waals surface area contributed by atoms with Crippen LogP contribution in [0.2, 0.25) is 0 Å². The fourth-order valence-electron chi connectivity index (χ4n) is 1.41. The Morgan fingerprint density at radius 3 is 2.19 bits per heavy atom. The van der Waals surface area contributed by atoms with Crippen LogP contribution in [0.4, 0.5) is 0 Å². The standard InChI is InChI=1S/C11H29N5/c1-5-12-8-9-14-16(13-6-2)11-7-10-15(3)4/h12-14H,5-11H2,1-4H3. The Morgan fingerprint density at radius 2 is 1.62 bits per heavy atom. The molecule has 0 unspecified atom stereocenters. The quantitative estimate of drug-likeness (QED) is 0.342. The van der Waals surface area contributed by atoms with E-state index in [1.54, 1.807) is 0 Å². The molecule has 0 aliphatic carbocycles. The lowest BCUT2D eigenvalue weighted by atomic mass is 10.4. The lowest BCUT2D eigenvalue weighted by Crippen LogP contribution is -2.50. The van der Waals surface area contributed by atoms with E-state index in [-0.39, 0.29) is 0 Å². The molecule has 0 atom stereocenters. The van der Waals surface area contributed by atoms with E-state index in [1.165, 1.54) is 0 Å². The van der Waals surface area contributed by atoms with Gasteiger partial charge in [-0.15, -0.1) is 0 Å². The smallest absolute Gasteiger partial charge is 0.0300 e. The van der Waals surface area contributed by atoms with Crippen molar-refractivity contribution in [3.05, 3.63) is 0 Å². The molecule has 0 amide bonds. The zero-order chi connectivity index (χ0) is 12.2. The predicted molar refractivity (Wildman–Crippen MR) is 70.1 cm³/mol. The average Bonchev–Trinajstić information content (AvgIpc) is 2.23. The van der Waals surface area contributed by atoms with Crippen molar-refractivity contribution in [1.29, 1.82) is 0 Å². The summed E-state index contributed by atoms with van der Waals surface area (Å²) in [5.74, 6) is 0. The van der Waals surface area contributed by atoms with Gasteiger partial charge in [0, 0.05) is 26.2 Å². The topological polar surface area (TPSA) is 42.6 Å². The molecule has 3 N–H and O–H groups in total. The minimum Gasteiger partial charge on any atom is -0.316 e. The summed E-state index contributed by atoms with van der Waals surface area (Å²) in [6.45, 7) is 10.3. The minimum atomic E-state index is 0.955. The second-order valence-corrected chi connectivity index (χ2v) is 4.08. The van der Waals surface area contributed by atoms with E-state index in [2.05, 4.69) is 54.1 Å². The van der Waals surface area contributed by atoms with Crippen LogP contribution in [0, 0.1) is 0 Å². The van der Waals surface area contributed by atoms with Gasteiger partial charge < -0.3 is 10.2 Å². The molecule has 0 aromatic rings. The molecule has 0 rings (SSSR count). The summed E-state index contributed by atoms with van der Waals surface area (Å²) in [5, 5.41) is 5.39. The van der Waals surface area contributed by atoms with Gasteiger partial charge in [0.15, 0.2) is 0 Å². The monoisotopic (exact) mass is 231 g/mol. The fourth-order valence-corrected chi connectivity index (χ4v) is 1.41. The summed E-state index contributed by atoms with van der Waals surface area (Å²) in [7, 11) is 4.21. The third-order valence-electron chi connectivity index (χ3n) is 2.19. The molecule has 0 fully saturated rings. The maximum atomic E-state index is 3.37. The van der Waals surface area contributed by atoms with Crippen LogP contribution in [-0.4, -0.2) is 63.4 Å². The lowest BCUT2D eigenvalue weighted by molar-refractivity contribution is 0.112. The van der Waals surface area contributed by atoms with E-state index < -0.39 is 0 Å². The molecule has 5 heteroatoms. The zero-order valence-corrected chi connectivity index (χ0v) is 11.3. The van der Waals surface area contributed by atoms with Crippen molar-refractivity contribution in [2.24, 2.45) is 0 Å². The van der Waals surface area contributed by atoms with Gasteiger partial charge in [0.2, 0.25) is 0 Å². The van der Waals surface area contributed by atoms with Gasteiger partial charge in [0.25, 0.3) is 0 Å². The molecule has 0 aliphatic heterocycles. The van der Waals surface area contributed by atoms with Gasteiger partial charge >= 0.3 is 0 Å². The Labute approximate surface area is 100 Å². The number of likely N-dealkylation sites (N-methyl/N-ethyl adjacent to an activating group) is 1. The van der Waals surface area contributed by atoms with Gasteiger partial charge in [-0.3, -0.25) is 0 Å².